The summed E-state index contributed by atoms with van der Waals surface area (Å²) in [5.74, 6) is -13.1. The van der Waals surface area contributed by atoms with Gasteiger partial charge in [0.15, 0.2) is 24.4 Å². The summed E-state index contributed by atoms with van der Waals surface area (Å²) in [5, 5.41) is 239. The number of aliphatic carboxylic acids is 3. The van der Waals surface area contributed by atoms with Crippen LogP contribution < -0.4 is 36.6 Å². The molecule has 16 atom stereocenters. The van der Waals surface area contributed by atoms with E-state index >= 15 is 0 Å². The molecule has 0 aliphatic rings. The maximum Gasteiger partial charge on any atom is 3.00 e. The van der Waals surface area contributed by atoms with Gasteiger partial charge in [0.25, 0.3) is 23.6 Å². The smallest absolute Gasteiger partial charge is 0.549 e. The molecule has 0 aromatic carbocycles. The van der Waals surface area contributed by atoms with Gasteiger partial charge in [-0.25, -0.2) is 0 Å². The normalized spacial score (nSPS) is 17.0. The number of nitrogens with zero attached hydrogens (tertiary/aromatic N) is 5. The van der Waals surface area contributed by atoms with Crippen molar-refractivity contribution in [2.75, 3.05) is 138 Å². The molecule has 0 unspecified atom stereocenters. The number of carbonyl (C=O) groups excluding carboxylic acids is 9. The first-order chi connectivity index (χ1) is 40.6. The van der Waals surface area contributed by atoms with Gasteiger partial charge in [-0.3, -0.25) is 43.5 Å². The third kappa shape index (κ3) is 33.1. The quantitative estimate of drug-likeness (QED) is 0.0269. The fourth-order valence-electron chi connectivity index (χ4n) is 7.50. The molecule has 1 radical (unpaired) electrons. The van der Waals surface area contributed by atoms with Crippen LogP contribution in [0.5, 0.6) is 0 Å². The van der Waals surface area contributed by atoms with E-state index in [4.69, 9.17) is 20.4 Å². The number of carbonyl (C=O) groups is 9. The van der Waals surface area contributed by atoms with Crippen molar-refractivity contribution in [2.45, 2.75) is 97.7 Å². The molecule has 519 valence electrons. The third-order valence-electron chi connectivity index (χ3n) is 12.8. The van der Waals surface area contributed by atoms with Crippen molar-refractivity contribution in [1.29, 1.82) is 0 Å². The number of amides is 6. The second kappa shape index (κ2) is 46.6. The zero-order chi connectivity index (χ0) is 67.0. The van der Waals surface area contributed by atoms with E-state index in [0.29, 0.717) is 0 Å². The molecule has 42 nitrogen and oxygen atoms in total. The van der Waals surface area contributed by atoms with Gasteiger partial charge in [0.2, 0.25) is 11.8 Å². The van der Waals surface area contributed by atoms with Crippen LogP contribution in [0, 0.1) is 39.9 Å². The number of carboxylic acid groups (broad SMARTS) is 3. The van der Waals surface area contributed by atoms with Gasteiger partial charge in [-0.1, -0.05) is 0 Å². The molecular formula is C46H84GdN9O33. The molecule has 0 aliphatic heterocycles. The van der Waals surface area contributed by atoms with Crippen molar-refractivity contribution in [2.24, 2.45) is 0 Å². The Morgan fingerprint density at radius 3 is 0.685 bits per heavy atom. The SMILES string of the molecule is O.O=C([O-])CN(CCN(CC(=O)[O-])CC(=O)N(CCNC(=O)[C@H](O)[C@@H](O)[C@H](O)[C@H](O)CO)CCNC(=O)[C@H](O)[C@@H](O)[C@H](O)[C@H](O)CO)CCN(CC(=O)[O-])CC(=O)N(CCNC(=O)[C@H](O)[C@@H](O)[C@H](O)[C@H](O)CO)CCNC(=O)[C@H](O)[C@@H](O)[C@H](O)[C@H](O)CO.[Gd+3]. The van der Waals surface area contributed by atoms with E-state index in [9.17, 15) is 140 Å². The molecule has 89 heavy (non-hydrogen) atoms. The number of nitrogens with one attached hydrogen (secondary N) is 4. The van der Waals surface area contributed by atoms with Gasteiger partial charge in [0, 0.05) is 98.2 Å². The van der Waals surface area contributed by atoms with Gasteiger partial charge in [0.1, 0.15) is 73.2 Å². The van der Waals surface area contributed by atoms with Crippen LogP contribution in [0.4, 0.5) is 0 Å². The molecule has 0 rings (SSSR count). The van der Waals surface area contributed by atoms with E-state index in [1.165, 1.54) is 0 Å². The number of hydrogen-bond acceptors (Lipinski definition) is 35. The monoisotopic (exact) mass is 1450 g/mol. The van der Waals surface area contributed by atoms with Gasteiger partial charge in [-0.15, -0.1) is 0 Å². The standard InChI is InChI=1S/C46H85N9O32.Gd.H2O/c56-18-22(60)31(72)35(76)39(80)43(84)47-1-5-54(6-2-48-44(85)40(81)36(77)32(73)23(61)19-57)26(64)13-52(16-29(68)69)11-9-51(15-28(66)67)10-12-53(17-30(70)71)14-27(65)55(7-3-49-45(86)41(82)37(78)33(74)24(62)20-58)8-4-50-46(87)42(83)38(79)34(75)25(63)21-59;;/h22-25,31-42,56-63,72-83H,1-21H2,(H,47,84)(H,48,85)(H,49,86)(H,50,87)(H,66,67)(H,68,69)(H,70,71);;1H2/q;+3;/p-3/t22-,23-,24-,25-,31-,32-,33-,34-,35+,36+,37+,38+,39-,40-,41-,42-;;/m1../s1. The Bertz CT molecular complexity index is 1900. The van der Waals surface area contributed by atoms with Crippen molar-refractivity contribution in [3.05, 3.63) is 0 Å². The number of aliphatic hydroxyl groups is 20. The number of carboxylic acids is 3. The fraction of sp³-hybridized carbons (Fsp3) is 0.804. The summed E-state index contributed by atoms with van der Waals surface area (Å²) in [7, 11) is 0. The Morgan fingerprint density at radius 1 is 0.303 bits per heavy atom. The average Bonchev–Trinajstić information content (AvgIpc) is 3.70. The number of hydrogen-bond donors (Lipinski definition) is 24. The molecule has 0 heterocycles. The van der Waals surface area contributed by atoms with Gasteiger partial charge in [-0.2, -0.15) is 0 Å². The largest absolute Gasteiger partial charge is 3.00 e. The summed E-state index contributed by atoms with van der Waals surface area (Å²) in [5.41, 5.74) is 0. The van der Waals surface area contributed by atoms with Crippen LogP contribution in [0.2, 0.25) is 0 Å². The van der Waals surface area contributed by atoms with Gasteiger partial charge >= 0.3 is 39.9 Å². The van der Waals surface area contributed by atoms with E-state index in [0.717, 1.165) is 24.5 Å². The van der Waals surface area contributed by atoms with Crippen LogP contribution >= 0.6 is 0 Å². The molecule has 26 N–H and O–H groups in total. The summed E-state index contributed by atoms with van der Waals surface area (Å²) < 4.78 is 0. The predicted molar refractivity (Wildman–Crippen MR) is 278 cm³/mol. The first-order valence-electron chi connectivity index (χ1n) is 26.4. The maximum atomic E-state index is 13.8. The van der Waals surface area contributed by atoms with Gasteiger partial charge < -0.3 is 168 Å². The van der Waals surface area contributed by atoms with Crippen LogP contribution in [0.15, 0.2) is 0 Å². The van der Waals surface area contributed by atoms with Crippen molar-refractivity contribution < 1.29 is 206 Å². The van der Waals surface area contributed by atoms with Crippen LogP contribution in [-0.2, 0) is 43.2 Å². The summed E-state index contributed by atoms with van der Waals surface area (Å²) in [6.07, 6.45) is -36.3. The summed E-state index contributed by atoms with van der Waals surface area (Å²) in [4.78, 5) is 118. The second-order valence-corrected chi connectivity index (χ2v) is 19.4. The molecule has 0 saturated carbocycles. The van der Waals surface area contributed by atoms with E-state index in [1.54, 1.807) is 0 Å². The molecule has 0 bridgehead atoms. The molecule has 6 amide bonds. The van der Waals surface area contributed by atoms with E-state index in [1.807, 2.05) is 0 Å². The Morgan fingerprint density at radius 2 is 0.494 bits per heavy atom. The minimum atomic E-state index is -2.45. The first kappa shape index (κ1) is 88.8. The zero-order valence-corrected chi connectivity index (χ0v) is 49.8. The predicted octanol–water partition coefficient (Wildman–Crippen LogP) is -23.8. The third-order valence-corrected chi connectivity index (χ3v) is 12.8. The minimum absolute atomic E-state index is 0. The summed E-state index contributed by atoms with van der Waals surface area (Å²) in [6, 6.07) is 0. The molecule has 0 spiro atoms. The van der Waals surface area contributed by atoms with Crippen molar-refractivity contribution in [3.8, 4) is 0 Å². The minimum Gasteiger partial charge on any atom is -0.549 e. The van der Waals surface area contributed by atoms with Crippen molar-refractivity contribution >= 4 is 53.4 Å². The first-order valence-corrected chi connectivity index (χ1v) is 26.4. The molecular weight excluding hydrogens is 1360 g/mol. The summed E-state index contributed by atoms with van der Waals surface area (Å²) in [6.45, 7) is -16.5. The second-order valence-electron chi connectivity index (χ2n) is 19.4. The number of aliphatic hydroxyl groups excluding tert-OH is 20. The molecule has 43 heteroatoms. The van der Waals surface area contributed by atoms with Crippen molar-refractivity contribution in [1.82, 2.24) is 45.8 Å². The molecule has 0 aromatic heterocycles. The Labute approximate surface area is 538 Å². The Balaban J connectivity index is -0.0000370. The molecule has 0 aliphatic carbocycles. The van der Waals surface area contributed by atoms with E-state index in [2.05, 4.69) is 21.3 Å². The van der Waals surface area contributed by atoms with Crippen LogP contribution in [0.25, 0.3) is 0 Å². The van der Waals surface area contributed by atoms with Crippen molar-refractivity contribution in [3.63, 3.8) is 0 Å². The van der Waals surface area contributed by atoms with Crippen LogP contribution in [0.1, 0.15) is 0 Å². The topological polar surface area (TPSA) is 723 Å². The summed E-state index contributed by atoms with van der Waals surface area (Å²) >= 11 is 0. The Kier molecular flexibility index (Phi) is 46.5. The van der Waals surface area contributed by atoms with E-state index in [-0.39, 0.29) is 45.4 Å². The molecule has 0 saturated heterocycles. The van der Waals surface area contributed by atoms with Crippen LogP contribution in [-0.4, -0.2) is 421 Å². The maximum absolute atomic E-state index is 13.8. The molecule has 0 aromatic rings. The molecule has 0 fully saturated rings. The zero-order valence-electron chi connectivity index (χ0n) is 47.5. The fourth-order valence-corrected chi connectivity index (χ4v) is 7.50. The Hall–Kier alpha value is -4.41. The number of rotatable bonds is 48. The van der Waals surface area contributed by atoms with Crippen LogP contribution in [0.3, 0.4) is 0 Å². The van der Waals surface area contributed by atoms with E-state index < -0.39 is 289 Å². The average molecular weight is 1450 g/mol. The van der Waals surface area contributed by atoms with Gasteiger partial charge in [0.05, 0.1) is 57.4 Å². The van der Waals surface area contributed by atoms with Gasteiger partial charge in [-0.05, 0) is 0 Å².